The van der Waals surface area contributed by atoms with Gasteiger partial charge in [0, 0.05) is 6.07 Å². The lowest BCUT2D eigenvalue weighted by Gasteiger charge is -2.05. The second-order valence-electron chi connectivity index (χ2n) is 2.57. The highest BCUT2D eigenvalue weighted by molar-refractivity contribution is 5.93. The van der Waals surface area contributed by atoms with Gasteiger partial charge >= 0.3 is 0 Å². The summed E-state index contributed by atoms with van der Waals surface area (Å²) in [6.07, 6.45) is 0.662. The molecule has 1 amide bonds. The average molecular weight is 180 g/mol. The molecule has 13 heavy (non-hydrogen) atoms. The Morgan fingerprint density at radius 1 is 1.62 bits per heavy atom. The van der Waals surface area contributed by atoms with Gasteiger partial charge in [-0.3, -0.25) is 4.79 Å². The van der Waals surface area contributed by atoms with Crippen LogP contribution in [0, 0.1) is 0 Å². The van der Waals surface area contributed by atoms with E-state index in [0.717, 1.165) is 0 Å². The van der Waals surface area contributed by atoms with E-state index in [2.05, 4.69) is 4.98 Å². The van der Waals surface area contributed by atoms with Crippen molar-refractivity contribution in [1.82, 2.24) is 4.98 Å². The zero-order valence-electron chi connectivity index (χ0n) is 7.70. The monoisotopic (exact) mass is 180 g/mol. The van der Waals surface area contributed by atoms with Gasteiger partial charge in [0.25, 0.3) is 5.91 Å². The van der Waals surface area contributed by atoms with Crippen molar-refractivity contribution in [1.29, 1.82) is 0 Å². The molecule has 0 unspecified atom stereocenters. The van der Waals surface area contributed by atoms with E-state index in [9.17, 15) is 4.79 Å². The second kappa shape index (κ2) is 3.89. The maximum Gasteiger partial charge on any atom is 0.250 e. The number of hydrogen-bond donors (Lipinski definition) is 1. The van der Waals surface area contributed by atoms with Gasteiger partial charge in [-0.2, -0.15) is 0 Å². The molecule has 0 aromatic carbocycles. The van der Waals surface area contributed by atoms with Crippen LogP contribution in [0.1, 0.15) is 23.0 Å². The van der Waals surface area contributed by atoms with E-state index in [1.165, 1.54) is 7.11 Å². The molecular weight excluding hydrogens is 168 g/mol. The van der Waals surface area contributed by atoms with Gasteiger partial charge in [-0.25, -0.2) is 4.98 Å². The largest absolute Gasteiger partial charge is 0.481 e. The van der Waals surface area contributed by atoms with Gasteiger partial charge in [-0.05, 0) is 12.5 Å². The predicted molar refractivity (Wildman–Crippen MR) is 48.7 cm³/mol. The summed E-state index contributed by atoms with van der Waals surface area (Å²) in [5, 5.41) is 0. The molecule has 0 bridgehead atoms. The van der Waals surface area contributed by atoms with E-state index in [1.54, 1.807) is 12.1 Å². The Bertz CT molecular complexity index is 323. The van der Waals surface area contributed by atoms with Gasteiger partial charge < -0.3 is 10.5 Å². The molecule has 0 saturated heterocycles. The zero-order valence-corrected chi connectivity index (χ0v) is 7.70. The first-order valence-corrected chi connectivity index (χ1v) is 4.02. The van der Waals surface area contributed by atoms with Crippen molar-refractivity contribution in [3.63, 3.8) is 0 Å². The smallest absolute Gasteiger partial charge is 0.250 e. The maximum absolute atomic E-state index is 10.9. The lowest BCUT2D eigenvalue weighted by molar-refractivity contribution is 0.0999. The molecule has 0 atom stereocenters. The number of carbonyl (C=O) groups excluding carboxylic acids is 1. The van der Waals surface area contributed by atoms with Gasteiger partial charge in [0.1, 0.15) is 0 Å². The van der Waals surface area contributed by atoms with Crippen molar-refractivity contribution >= 4 is 5.91 Å². The number of nitrogens with zero attached hydrogens (tertiary/aromatic N) is 1. The van der Waals surface area contributed by atoms with Crippen LogP contribution in [0.25, 0.3) is 0 Å². The summed E-state index contributed by atoms with van der Waals surface area (Å²) in [5.41, 5.74) is 6.30. The Morgan fingerprint density at radius 3 is 2.77 bits per heavy atom. The number of aryl methyl sites for hydroxylation is 1. The molecular formula is C9H12N2O2. The normalized spacial score (nSPS) is 9.69. The van der Waals surface area contributed by atoms with E-state index in [-0.39, 0.29) is 0 Å². The van der Waals surface area contributed by atoms with E-state index < -0.39 is 5.91 Å². The third-order valence-corrected chi connectivity index (χ3v) is 1.76. The average Bonchev–Trinajstić information content (AvgIpc) is 2.16. The second-order valence-corrected chi connectivity index (χ2v) is 2.57. The SMILES string of the molecule is CCc1nc(OC)ccc1C(N)=O. The number of ether oxygens (including phenoxy) is 1. The third kappa shape index (κ3) is 1.96. The minimum atomic E-state index is -0.452. The van der Waals surface area contributed by atoms with Crippen LogP contribution < -0.4 is 10.5 Å². The number of amides is 1. The Labute approximate surface area is 76.7 Å². The first-order chi connectivity index (χ1) is 6.19. The van der Waals surface area contributed by atoms with E-state index in [0.29, 0.717) is 23.6 Å². The number of aromatic nitrogens is 1. The van der Waals surface area contributed by atoms with Crippen molar-refractivity contribution in [2.45, 2.75) is 13.3 Å². The Morgan fingerprint density at radius 2 is 2.31 bits per heavy atom. The summed E-state index contributed by atoms with van der Waals surface area (Å²) in [7, 11) is 1.53. The van der Waals surface area contributed by atoms with Gasteiger partial charge in [-0.15, -0.1) is 0 Å². The summed E-state index contributed by atoms with van der Waals surface area (Å²) in [4.78, 5) is 15.0. The fourth-order valence-corrected chi connectivity index (χ4v) is 1.09. The zero-order chi connectivity index (χ0) is 9.84. The number of hydrogen-bond acceptors (Lipinski definition) is 3. The van der Waals surface area contributed by atoms with E-state index in [4.69, 9.17) is 10.5 Å². The topological polar surface area (TPSA) is 65.2 Å². The number of nitrogens with two attached hydrogens (primary N) is 1. The fourth-order valence-electron chi connectivity index (χ4n) is 1.09. The molecule has 0 saturated carbocycles. The molecule has 2 N–H and O–H groups in total. The first-order valence-electron chi connectivity index (χ1n) is 4.02. The summed E-state index contributed by atoms with van der Waals surface area (Å²) < 4.78 is 4.93. The third-order valence-electron chi connectivity index (χ3n) is 1.76. The molecule has 0 aliphatic heterocycles. The summed E-state index contributed by atoms with van der Waals surface area (Å²) >= 11 is 0. The van der Waals surface area contributed by atoms with Crippen LogP contribution in [0.3, 0.4) is 0 Å². The summed E-state index contributed by atoms with van der Waals surface area (Å²) in [6.45, 7) is 1.91. The Balaban J connectivity index is 3.15. The van der Waals surface area contributed by atoms with Crippen LogP contribution in [-0.4, -0.2) is 18.0 Å². The molecule has 70 valence electrons. The van der Waals surface area contributed by atoms with Crippen LogP contribution >= 0.6 is 0 Å². The Kier molecular flexibility index (Phi) is 2.84. The number of methoxy groups -OCH3 is 1. The van der Waals surface area contributed by atoms with Gasteiger partial charge in [0.15, 0.2) is 0 Å². The molecule has 0 fully saturated rings. The fraction of sp³-hybridized carbons (Fsp3) is 0.333. The van der Waals surface area contributed by atoms with Gasteiger partial charge in [0.2, 0.25) is 5.88 Å². The highest BCUT2D eigenvalue weighted by Gasteiger charge is 2.08. The van der Waals surface area contributed by atoms with Gasteiger partial charge in [0.05, 0.1) is 18.4 Å². The summed E-state index contributed by atoms with van der Waals surface area (Å²) in [5.74, 6) is 0.0499. The minimum Gasteiger partial charge on any atom is -0.481 e. The van der Waals surface area contributed by atoms with Crippen LogP contribution in [0.15, 0.2) is 12.1 Å². The van der Waals surface area contributed by atoms with Crippen LogP contribution in [0.4, 0.5) is 0 Å². The van der Waals surface area contributed by atoms with Crippen molar-refractivity contribution in [3.8, 4) is 5.88 Å². The molecule has 1 aromatic heterocycles. The maximum atomic E-state index is 10.9. The molecule has 1 aromatic rings. The van der Waals surface area contributed by atoms with Crippen LogP contribution in [0.2, 0.25) is 0 Å². The van der Waals surface area contributed by atoms with Crippen LogP contribution in [0.5, 0.6) is 5.88 Å². The number of pyridine rings is 1. The molecule has 1 heterocycles. The van der Waals surface area contributed by atoms with E-state index >= 15 is 0 Å². The quantitative estimate of drug-likeness (QED) is 0.746. The molecule has 0 radical (unpaired) electrons. The number of rotatable bonds is 3. The molecule has 0 spiro atoms. The van der Waals surface area contributed by atoms with Gasteiger partial charge in [-0.1, -0.05) is 6.92 Å². The highest BCUT2D eigenvalue weighted by atomic mass is 16.5. The molecule has 4 nitrogen and oxygen atoms in total. The van der Waals surface area contributed by atoms with Crippen molar-refractivity contribution < 1.29 is 9.53 Å². The molecule has 0 aliphatic rings. The first kappa shape index (κ1) is 9.51. The minimum absolute atomic E-state index is 0.452. The standard InChI is InChI=1S/C9H12N2O2/c1-3-7-6(9(10)12)4-5-8(11-7)13-2/h4-5H,3H2,1-2H3,(H2,10,12). The number of carbonyl (C=O) groups is 1. The molecule has 0 aliphatic carbocycles. The molecule has 4 heteroatoms. The van der Waals surface area contributed by atoms with Crippen molar-refractivity contribution in [2.75, 3.05) is 7.11 Å². The highest BCUT2D eigenvalue weighted by Crippen LogP contribution is 2.12. The Hall–Kier alpha value is -1.58. The lowest BCUT2D eigenvalue weighted by Crippen LogP contribution is -2.14. The summed E-state index contributed by atoms with van der Waals surface area (Å²) in [6, 6.07) is 3.26. The van der Waals surface area contributed by atoms with Crippen LogP contribution in [-0.2, 0) is 6.42 Å². The van der Waals surface area contributed by atoms with Crippen molar-refractivity contribution in [3.05, 3.63) is 23.4 Å². The lowest BCUT2D eigenvalue weighted by atomic mass is 10.1. The van der Waals surface area contributed by atoms with E-state index in [1.807, 2.05) is 6.92 Å². The molecule has 1 rings (SSSR count). The van der Waals surface area contributed by atoms with Crippen molar-refractivity contribution in [2.24, 2.45) is 5.73 Å². The number of primary amides is 1. The predicted octanol–water partition coefficient (Wildman–Crippen LogP) is 0.751.